The molecule has 1 unspecified atom stereocenters. The van der Waals surface area contributed by atoms with E-state index in [1.807, 2.05) is 113 Å². The van der Waals surface area contributed by atoms with E-state index in [0.717, 1.165) is 39.9 Å². The molecular formula is C97H99F6N11OS2. The fourth-order valence-electron chi connectivity index (χ4n) is 13.5. The summed E-state index contributed by atoms with van der Waals surface area (Å²) in [7, 11) is 0. The Hall–Kier alpha value is -12.3. The molecule has 117 heavy (non-hydrogen) atoms. The Morgan fingerprint density at radius 1 is 0.385 bits per heavy atom. The smallest absolute Gasteiger partial charge is 0.456 e. The van der Waals surface area contributed by atoms with E-state index in [4.69, 9.17) is 4.42 Å². The molecule has 0 saturated heterocycles. The van der Waals surface area contributed by atoms with Gasteiger partial charge in [0, 0.05) is 75.1 Å². The molecule has 0 saturated carbocycles. The van der Waals surface area contributed by atoms with Crippen LogP contribution in [0.4, 0.5) is 26.3 Å². The number of thiophene rings is 2. The number of allylic oxidation sites excluding steroid dienone is 4. The number of hydrogen-bond acceptors (Lipinski definition) is 9. The Kier molecular flexibility index (Phi) is 29.3. The highest BCUT2D eigenvalue weighted by Crippen LogP contribution is 2.45. The molecule has 1 atom stereocenters. The van der Waals surface area contributed by atoms with Gasteiger partial charge in [-0.2, -0.15) is 14.9 Å². The number of furan rings is 1. The van der Waals surface area contributed by atoms with Gasteiger partial charge in [0.1, 0.15) is 34.5 Å². The molecule has 0 spiro atoms. The summed E-state index contributed by atoms with van der Waals surface area (Å²) in [5.41, 5.74) is 24.2. The monoisotopic (exact) mass is 1610 g/mol. The number of rotatable bonds is 5. The van der Waals surface area contributed by atoms with Crippen molar-refractivity contribution < 1.29 is 30.8 Å². The van der Waals surface area contributed by atoms with Crippen LogP contribution in [0.25, 0.3) is 71.1 Å². The third-order valence-corrected chi connectivity index (χ3v) is 21.4. The largest absolute Gasteiger partial charge is 0.504 e. The van der Waals surface area contributed by atoms with Crippen molar-refractivity contribution in [3.05, 3.63) is 372 Å². The van der Waals surface area contributed by atoms with Gasteiger partial charge in [-0.25, -0.2) is 9.25 Å². The molecule has 1 aliphatic carbocycles. The summed E-state index contributed by atoms with van der Waals surface area (Å²) >= 11 is 3.71. The van der Waals surface area contributed by atoms with Crippen LogP contribution in [-0.4, -0.2) is 54.1 Å². The van der Waals surface area contributed by atoms with Crippen molar-refractivity contribution in [2.24, 2.45) is 0 Å². The summed E-state index contributed by atoms with van der Waals surface area (Å²) in [4.78, 5) is 9.02. The zero-order valence-electron chi connectivity index (χ0n) is 69.4. The highest BCUT2D eigenvalue weighted by Gasteiger charge is 2.35. The van der Waals surface area contributed by atoms with E-state index in [9.17, 15) is 26.3 Å². The molecule has 17 aromatic rings. The Balaban J connectivity index is 0.000000140. The van der Waals surface area contributed by atoms with Gasteiger partial charge in [0.05, 0.1) is 17.1 Å². The van der Waals surface area contributed by atoms with Crippen molar-refractivity contribution in [3.63, 3.8) is 0 Å². The summed E-state index contributed by atoms with van der Waals surface area (Å²) in [5, 5.41) is 27.3. The van der Waals surface area contributed by atoms with Crippen molar-refractivity contribution in [3.8, 4) is 21.8 Å². The molecule has 8 aromatic heterocycles. The SMILES string of the molecule is CC1=C(C)C(c2ccccc2)C(c2ccccc2)=C1.Cc1cc(-c2ccccc2)sc1C.Cc1cc(C)n(-c2ccccc2)n1.Cc1cc(C)n(C(F)(F)F)n1.Cc1ccc(C)s1.Cc1ccc2[nH]c3ccc(C)cc3c2c1.Cc1ccc2oc3ccc(C)cc3c2c1.Cc1nnc(C)n1-c1ccccc1.Cc1nnc(C)n1C(F)(F)F. The number of aromatic amines is 1. The van der Waals surface area contributed by atoms with E-state index in [2.05, 4.69) is 306 Å². The molecular weight excluding hydrogens is 1510 g/mol. The number of aromatic nitrogens is 11. The quantitative estimate of drug-likeness (QED) is 0.170. The van der Waals surface area contributed by atoms with Crippen LogP contribution in [0.1, 0.15) is 119 Å². The van der Waals surface area contributed by atoms with Gasteiger partial charge in [0.2, 0.25) is 0 Å². The number of hydrogen-bond donors (Lipinski definition) is 1. The fourth-order valence-corrected chi connectivity index (χ4v) is 15.3. The molecule has 20 heteroatoms. The van der Waals surface area contributed by atoms with Crippen LogP contribution >= 0.6 is 22.7 Å². The van der Waals surface area contributed by atoms with E-state index in [1.54, 1.807) is 0 Å². The van der Waals surface area contributed by atoms with Crippen LogP contribution in [0.3, 0.4) is 0 Å². The summed E-state index contributed by atoms with van der Waals surface area (Å²) in [6, 6.07) is 88.0. The first-order valence-electron chi connectivity index (χ1n) is 38.3. The number of halogens is 6. The third kappa shape index (κ3) is 23.3. The van der Waals surface area contributed by atoms with Crippen molar-refractivity contribution in [2.75, 3.05) is 0 Å². The zero-order valence-corrected chi connectivity index (χ0v) is 71.0. The van der Waals surface area contributed by atoms with Gasteiger partial charge in [0.15, 0.2) is 0 Å². The predicted octanol–water partition coefficient (Wildman–Crippen LogP) is 27.5. The summed E-state index contributed by atoms with van der Waals surface area (Å²) in [6.45, 7) is 34.9. The highest BCUT2D eigenvalue weighted by atomic mass is 32.1. The molecule has 9 aromatic carbocycles. The van der Waals surface area contributed by atoms with Crippen molar-refractivity contribution in [1.82, 2.24) is 54.1 Å². The molecule has 8 heterocycles. The molecule has 602 valence electrons. The summed E-state index contributed by atoms with van der Waals surface area (Å²) in [6.07, 6.45) is -6.46. The van der Waals surface area contributed by atoms with E-state index in [0.29, 0.717) is 11.6 Å². The van der Waals surface area contributed by atoms with E-state index in [1.165, 1.54) is 153 Å². The molecule has 0 fully saturated rings. The minimum atomic E-state index is -4.41. The zero-order chi connectivity index (χ0) is 84.4. The Morgan fingerprint density at radius 2 is 0.803 bits per heavy atom. The minimum absolute atomic E-state index is 0.0579. The lowest BCUT2D eigenvalue weighted by molar-refractivity contribution is -0.213. The molecule has 18 rings (SSSR count). The average Bonchev–Trinajstić information content (AvgIpc) is 1.76. The van der Waals surface area contributed by atoms with Gasteiger partial charge in [-0.3, -0.25) is 4.57 Å². The number of nitrogens with one attached hydrogen (secondary N) is 1. The number of fused-ring (bicyclic) bond motifs is 6. The lowest BCUT2D eigenvalue weighted by atomic mass is 9.85. The standard InChI is InChI=1S/C19H18.C14H13N.C14H12O.C12H12S.C11H12N2.C10H11N3.C6H7F3N2.C6H8S.C5H6F3N3/c1-14-13-18(16-9-5-3-6-10-16)19(15(14)2)17-11-7-4-8-12-17;2*1-9-3-5-13-11(7-9)12-8-10(2)4-6-14(12)15-13;1-9-8-12(13-10(9)2)11-6-4-3-5-7-11;1-9-8-10(2)13(12-9)11-6-4-3-5-7-11;1-8-11-12-9(2)13(8)10-6-4-3-5-7-10;1-4-3-5(2)11(10-4)6(7,8)9;1-5-3-4-6(2)7-5;1-3-9-10-4(2)11(3)5(6,7)8/h3-13,19H,1-2H3;3-8,15H,1-2H3;3-8H,1-2H3;2*3-8H,1-2H3;3-7H,1-2H3;3H,1-2H3;3-4H,1-2H3;1-2H3. The average molecular weight is 1610 g/mol. The number of alkyl halides is 6. The van der Waals surface area contributed by atoms with E-state index in [-0.39, 0.29) is 26.6 Å². The Labute approximate surface area is 689 Å². The van der Waals surface area contributed by atoms with E-state index >= 15 is 0 Å². The molecule has 1 aliphatic rings. The molecule has 0 bridgehead atoms. The predicted molar refractivity (Wildman–Crippen MR) is 471 cm³/mol. The lowest BCUT2D eigenvalue weighted by Gasteiger charge is -2.18. The van der Waals surface area contributed by atoms with Crippen LogP contribution in [0.15, 0.2) is 276 Å². The van der Waals surface area contributed by atoms with Crippen molar-refractivity contribution in [1.29, 1.82) is 0 Å². The first kappa shape index (κ1) is 87.1. The van der Waals surface area contributed by atoms with Gasteiger partial charge in [-0.1, -0.05) is 191 Å². The summed E-state index contributed by atoms with van der Waals surface area (Å²) in [5.74, 6) is 1.96. The van der Waals surface area contributed by atoms with E-state index < -0.39 is 12.6 Å². The van der Waals surface area contributed by atoms with Gasteiger partial charge in [0.25, 0.3) is 0 Å². The van der Waals surface area contributed by atoms with Crippen LogP contribution in [0.5, 0.6) is 0 Å². The Bertz CT molecular complexity index is 5850. The van der Waals surface area contributed by atoms with Gasteiger partial charge >= 0.3 is 12.6 Å². The minimum Gasteiger partial charge on any atom is -0.456 e. The van der Waals surface area contributed by atoms with Crippen LogP contribution in [0.2, 0.25) is 0 Å². The van der Waals surface area contributed by atoms with Crippen LogP contribution in [0, 0.1) is 111 Å². The maximum atomic E-state index is 12.0. The fraction of sp³-hybridized carbons (Fsp3) is 0.216. The van der Waals surface area contributed by atoms with Gasteiger partial charge < -0.3 is 9.40 Å². The molecule has 0 amide bonds. The number of para-hydroxylation sites is 2. The second-order valence-electron chi connectivity index (χ2n) is 28.9. The Morgan fingerprint density at radius 3 is 1.20 bits per heavy atom. The number of benzene rings is 9. The molecule has 12 nitrogen and oxygen atoms in total. The van der Waals surface area contributed by atoms with Crippen molar-refractivity contribution in [2.45, 2.75) is 143 Å². The highest BCUT2D eigenvalue weighted by molar-refractivity contribution is 7.15. The molecule has 1 N–H and O–H groups in total. The van der Waals surface area contributed by atoms with Gasteiger partial charge in [-0.05, 0) is 256 Å². The summed E-state index contributed by atoms with van der Waals surface area (Å²) < 4.78 is 81.9. The van der Waals surface area contributed by atoms with Crippen LogP contribution < -0.4 is 0 Å². The maximum Gasteiger partial charge on any atom is 0.504 e. The molecule has 0 radical (unpaired) electrons. The van der Waals surface area contributed by atoms with Crippen LogP contribution in [-0.2, 0) is 12.6 Å². The maximum absolute atomic E-state index is 12.0. The second-order valence-corrected chi connectivity index (χ2v) is 31.7. The first-order chi connectivity index (χ1) is 55.7. The normalized spacial score (nSPS) is 12.2. The number of H-pyrrole nitrogens is 1. The first-order valence-corrected chi connectivity index (χ1v) is 40.0. The third-order valence-electron chi connectivity index (χ3n) is 19.3. The second kappa shape index (κ2) is 39.4. The topological polar surface area (TPSA) is 126 Å². The number of nitrogens with zero attached hydrogens (tertiary/aromatic N) is 10. The molecule has 0 aliphatic heterocycles. The van der Waals surface area contributed by atoms with Crippen molar-refractivity contribution >= 4 is 72.0 Å². The lowest BCUT2D eigenvalue weighted by Crippen LogP contribution is -2.19. The number of aryl methyl sites for hydroxylation is 16. The van der Waals surface area contributed by atoms with Gasteiger partial charge in [-0.15, -0.1) is 69.4 Å².